The molecule has 0 aromatic heterocycles. The zero-order chi connectivity index (χ0) is 12.4. The molecule has 3 unspecified atom stereocenters. The molecule has 3 atom stereocenters. The summed E-state index contributed by atoms with van der Waals surface area (Å²) in [6.45, 7) is 2.10. The summed E-state index contributed by atoms with van der Waals surface area (Å²) in [6.07, 6.45) is -0.703. The smallest absolute Gasteiger partial charge is 0.123 e. The second-order valence-corrected chi connectivity index (χ2v) is 7.20. The van der Waals surface area contributed by atoms with Gasteiger partial charge in [0.25, 0.3) is 0 Å². The highest BCUT2D eigenvalue weighted by Gasteiger charge is 2.31. The fourth-order valence-electron chi connectivity index (χ4n) is 1.91. The minimum atomic E-state index is -0.703. The summed E-state index contributed by atoms with van der Waals surface area (Å²) in [7, 11) is 0. The highest BCUT2D eigenvalue weighted by Crippen LogP contribution is 2.40. The predicted molar refractivity (Wildman–Crippen MR) is 74.5 cm³/mol. The zero-order valence-electron chi connectivity index (χ0n) is 9.40. The van der Waals surface area contributed by atoms with Crippen LogP contribution in [0.15, 0.2) is 18.2 Å². The number of aliphatic hydroxyl groups excluding tert-OH is 1. The van der Waals surface area contributed by atoms with Gasteiger partial charge in [-0.3, -0.25) is 0 Å². The van der Waals surface area contributed by atoms with Gasteiger partial charge in [0, 0.05) is 32.6 Å². The lowest BCUT2D eigenvalue weighted by Crippen LogP contribution is -2.29. The van der Waals surface area contributed by atoms with E-state index in [0.29, 0.717) is 15.8 Å². The van der Waals surface area contributed by atoms with Crippen molar-refractivity contribution in [3.8, 4) is 0 Å². The Morgan fingerprint density at radius 2 is 2.12 bits per heavy atom. The van der Waals surface area contributed by atoms with Crippen LogP contribution in [0.5, 0.6) is 0 Å². The normalized spacial score (nSPS) is 26.8. The van der Waals surface area contributed by atoms with Crippen molar-refractivity contribution in [3.63, 3.8) is 0 Å². The number of hydrogen-bond donors (Lipinski definition) is 1. The van der Waals surface area contributed by atoms with Crippen LogP contribution >= 0.6 is 35.1 Å². The third kappa shape index (κ3) is 3.11. The van der Waals surface area contributed by atoms with E-state index in [-0.39, 0.29) is 11.1 Å². The summed E-state index contributed by atoms with van der Waals surface area (Å²) >= 11 is 9.59. The maximum atomic E-state index is 13.2. The molecule has 2 rings (SSSR count). The van der Waals surface area contributed by atoms with Gasteiger partial charge in [0.15, 0.2) is 0 Å². The van der Waals surface area contributed by atoms with Gasteiger partial charge in [-0.15, -0.1) is 0 Å². The van der Waals surface area contributed by atoms with Crippen molar-refractivity contribution < 1.29 is 9.50 Å². The average Bonchev–Trinajstić information content (AvgIpc) is 2.32. The van der Waals surface area contributed by atoms with Crippen molar-refractivity contribution >= 4 is 35.1 Å². The van der Waals surface area contributed by atoms with E-state index < -0.39 is 6.10 Å². The topological polar surface area (TPSA) is 20.2 Å². The van der Waals surface area contributed by atoms with Crippen LogP contribution in [-0.2, 0) is 0 Å². The molecule has 17 heavy (non-hydrogen) atoms. The second-order valence-electron chi connectivity index (χ2n) is 4.02. The molecule has 1 aliphatic rings. The molecule has 1 nitrogen and oxygen atoms in total. The lowest BCUT2D eigenvalue weighted by molar-refractivity contribution is 0.174. The Kier molecular flexibility index (Phi) is 4.64. The number of halogens is 2. The van der Waals surface area contributed by atoms with Crippen molar-refractivity contribution in [2.45, 2.75) is 23.5 Å². The first-order valence-electron chi connectivity index (χ1n) is 5.46. The SMILES string of the molecule is CC1SCCSC1C(O)c1cc(F)ccc1Cl. The third-order valence-corrected chi connectivity index (χ3v) is 6.35. The van der Waals surface area contributed by atoms with Crippen molar-refractivity contribution in [1.82, 2.24) is 0 Å². The summed E-state index contributed by atoms with van der Waals surface area (Å²) < 4.78 is 13.2. The quantitative estimate of drug-likeness (QED) is 0.896. The van der Waals surface area contributed by atoms with Gasteiger partial charge in [0.2, 0.25) is 0 Å². The van der Waals surface area contributed by atoms with Crippen LogP contribution in [0.1, 0.15) is 18.6 Å². The van der Waals surface area contributed by atoms with Crippen LogP contribution < -0.4 is 0 Å². The van der Waals surface area contributed by atoms with Gasteiger partial charge in [0.1, 0.15) is 5.82 Å². The molecule has 1 aromatic rings. The predicted octanol–water partition coefficient (Wildman–Crippen LogP) is 3.75. The number of benzene rings is 1. The Morgan fingerprint density at radius 3 is 2.82 bits per heavy atom. The number of thioether (sulfide) groups is 2. The molecule has 94 valence electrons. The minimum absolute atomic E-state index is 0.0769. The van der Waals surface area contributed by atoms with Crippen LogP contribution in [0.25, 0.3) is 0 Å². The average molecular weight is 293 g/mol. The first-order chi connectivity index (χ1) is 8.09. The molecule has 0 saturated carbocycles. The highest BCUT2D eigenvalue weighted by atomic mass is 35.5. The maximum Gasteiger partial charge on any atom is 0.123 e. The Hall–Kier alpha value is 0.1000. The van der Waals surface area contributed by atoms with E-state index in [1.165, 1.54) is 18.2 Å². The summed E-state index contributed by atoms with van der Waals surface area (Å²) in [5.74, 6) is 1.76. The molecule has 1 saturated heterocycles. The summed E-state index contributed by atoms with van der Waals surface area (Å²) in [5, 5.41) is 11.2. The largest absolute Gasteiger partial charge is 0.387 e. The summed E-state index contributed by atoms with van der Waals surface area (Å²) in [6, 6.07) is 4.14. The minimum Gasteiger partial charge on any atom is -0.387 e. The van der Waals surface area contributed by atoms with Crippen LogP contribution in [0.3, 0.4) is 0 Å². The third-order valence-electron chi connectivity index (χ3n) is 2.82. The Bertz CT molecular complexity index is 402. The van der Waals surface area contributed by atoms with Crippen LogP contribution in [0.2, 0.25) is 5.02 Å². The summed E-state index contributed by atoms with van der Waals surface area (Å²) in [4.78, 5) is 0. The molecule has 1 fully saturated rings. The van der Waals surface area contributed by atoms with Gasteiger partial charge in [-0.05, 0) is 18.2 Å². The Morgan fingerprint density at radius 1 is 1.41 bits per heavy atom. The van der Waals surface area contributed by atoms with E-state index >= 15 is 0 Å². The van der Waals surface area contributed by atoms with Crippen molar-refractivity contribution in [2.24, 2.45) is 0 Å². The van der Waals surface area contributed by atoms with Crippen molar-refractivity contribution in [3.05, 3.63) is 34.6 Å². The molecule has 1 aromatic carbocycles. The molecule has 0 spiro atoms. The van der Waals surface area contributed by atoms with E-state index in [1.54, 1.807) is 11.8 Å². The number of aliphatic hydroxyl groups is 1. The molecular formula is C12H14ClFOS2. The molecule has 0 aliphatic carbocycles. The standard InChI is InChI=1S/C12H14ClFOS2/c1-7-12(17-5-4-16-7)11(15)9-6-8(14)2-3-10(9)13/h2-3,6-7,11-12,15H,4-5H2,1H3. The molecule has 1 N–H and O–H groups in total. The second kappa shape index (κ2) is 5.83. The van der Waals surface area contributed by atoms with Crippen LogP contribution in [0.4, 0.5) is 4.39 Å². The molecule has 1 aliphatic heterocycles. The first-order valence-corrected chi connectivity index (χ1v) is 7.93. The molecule has 1 heterocycles. The van der Waals surface area contributed by atoms with Crippen LogP contribution in [0, 0.1) is 5.82 Å². The first kappa shape index (κ1) is 13.5. The fourth-order valence-corrected chi connectivity index (χ4v) is 4.97. The van der Waals surface area contributed by atoms with E-state index in [2.05, 4.69) is 6.92 Å². The fraction of sp³-hybridized carbons (Fsp3) is 0.500. The monoisotopic (exact) mass is 292 g/mol. The van der Waals surface area contributed by atoms with Gasteiger partial charge in [-0.25, -0.2) is 4.39 Å². The summed E-state index contributed by atoms with van der Waals surface area (Å²) in [5.41, 5.74) is 0.499. The van der Waals surface area contributed by atoms with Gasteiger partial charge >= 0.3 is 0 Å². The van der Waals surface area contributed by atoms with Gasteiger partial charge in [-0.2, -0.15) is 23.5 Å². The highest BCUT2D eigenvalue weighted by molar-refractivity contribution is 8.07. The van der Waals surface area contributed by atoms with Gasteiger partial charge in [-0.1, -0.05) is 18.5 Å². The van der Waals surface area contributed by atoms with Crippen molar-refractivity contribution in [1.29, 1.82) is 0 Å². The number of hydrogen-bond acceptors (Lipinski definition) is 3. The van der Waals surface area contributed by atoms with Crippen molar-refractivity contribution in [2.75, 3.05) is 11.5 Å². The Balaban J connectivity index is 2.23. The van der Waals surface area contributed by atoms with Gasteiger partial charge < -0.3 is 5.11 Å². The van der Waals surface area contributed by atoms with E-state index in [1.807, 2.05) is 11.8 Å². The molecule has 0 radical (unpaired) electrons. The molecular weight excluding hydrogens is 279 g/mol. The number of rotatable bonds is 2. The maximum absolute atomic E-state index is 13.2. The molecule has 0 bridgehead atoms. The molecule has 5 heteroatoms. The lowest BCUT2D eigenvalue weighted by atomic mass is 10.0. The van der Waals surface area contributed by atoms with Crippen LogP contribution in [-0.4, -0.2) is 27.1 Å². The van der Waals surface area contributed by atoms with E-state index in [0.717, 1.165) is 11.5 Å². The zero-order valence-corrected chi connectivity index (χ0v) is 11.8. The Labute approximate surface area is 114 Å². The van der Waals surface area contributed by atoms with Gasteiger partial charge in [0.05, 0.1) is 6.10 Å². The van der Waals surface area contributed by atoms with E-state index in [9.17, 15) is 9.50 Å². The molecule has 0 amide bonds. The van der Waals surface area contributed by atoms with E-state index in [4.69, 9.17) is 11.6 Å². The lowest BCUT2D eigenvalue weighted by Gasteiger charge is -2.32.